The van der Waals surface area contributed by atoms with E-state index in [1.807, 2.05) is 0 Å². The molecule has 0 aliphatic heterocycles. The Kier molecular flexibility index (Phi) is 3.92. The first kappa shape index (κ1) is 11.0. The van der Waals surface area contributed by atoms with Crippen LogP contribution in [0.25, 0.3) is 0 Å². The van der Waals surface area contributed by atoms with Crippen LogP contribution in [0.4, 0.5) is 0 Å². The highest BCUT2D eigenvalue weighted by atomic mass is 16.4. The molecule has 80 valence electrons. The van der Waals surface area contributed by atoms with Gasteiger partial charge in [0.1, 0.15) is 0 Å². The van der Waals surface area contributed by atoms with Crippen molar-refractivity contribution in [2.45, 2.75) is 38.5 Å². The Hall–Kier alpha value is -1.06. The van der Waals surface area contributed by atoms with E-state index in [2.05, 4.69) is 0 Å². The molecule has 1 unspecified atom stereocenters. The van der Waals surface area contributed by atoms with Crippen molar-refractivity contribution in [1.82, 2.24) is 0 Å². The minimum absolute atomic E-state index is 0.0670. The smallest absolute Gasteiger partial charge is 0.307 e. The molecule has 14 heavy (non-hydrogen) atoms. The second-order valence-corrected chi connectivity index (χ2v) is 3.94. The summed E-state index contributed by atoms with van der Waals surface area (Å²) in [6.07, 6.45) is 4.71. The summed E-state index contributed by atoms with van der Waals surface area (Å²) >= 11 is 0. The van der Waals surface area contributed by atoms with Crippen LogP contribution < -0.4 is 0 Å². The minimum atomic E-state index is -1.01. The van der Waals surface area contributed by atoms with E-state index in [4.69, 9.17) is 10.2 Å². The number of hydrogen-bond acceptors (Lipinski definition) is 2. The molecular weight excluding hydrogens is 184 g/mol. The van der Waals surface area contributed by atoms with Gasteiger partial charge in [-0.2, -0.15) is 0 Å². The zero-order valence-electron chi connectivity index (χ0n) is 8.11. The maximum atomic E-state index is 10.9. The Morgan fingerprint density at radius 3 is 2.14 bits per heavy atom. The molecule has 1 fully saturated rings. The summed E-state index contributed by atoms with van der Waals surface area (Å²) in [4.78, 5) is 21.4. The first-order valence-electron chi connectivity index (χ1n) is 5.06. The van der Waals surface area contributed by atoms with Gasteiger partial charge in [0.15, 0.2) is 0 Å². The van der Waals surface area contributed by atoms with Gasteiger partial charge in [-0.25, -0.2) is 0 Å². The Morgan fingerprint density at radius 2 is 1.71 bits per heavy atom. The Labute approximate surface area is 82.9 Å². The van der Waals surface area contributed by atoms with E-state index in [1.54, 1.807) is 0 Å². The predicted octanol–water partition coefficient (Wildman–Crippen LogP) is 1.74. The number of rotatable bonds is 4. The van der Waals surface area contributed by atoms with Gasteiger partial charge in [-0.3, -0.25) is 9.59 Å². The van der Waals surface area contributed by atoms with Crippen LogP contribution in [0.5, 0.6) is 0 Å². The highest BCUT2D eigenvalue weighted by Crippen LogP contribution is 2.31. The zero-order chi connectivity index (χ0) is 10.6. The van der Waals surface area contributed by atoms with E-state index in [0.717, 1.165) is 32.1 Å². The van der Waals surface area contributed by atoms with Gasteiger partial charge >= 0.3 is 11.9 Å². The average Bonchev–Trinajstić information content (AvgIpc) is 2.15. The van der Waals surface area contributed by atoms with Crippen LogP contribution in [0.3, 0.4) is 0 Å². The van der Waals surface area contributed by atoms with E-state index in [0.29, 0.717) is 0 Å². The van der Waals surface area contributed by atoms with Crippen LogP contribution in [0.15, 0.2) is 0 Å². The summed E-state index contributed by atoms with van der Waals surface area (Å²) in [6, 6.07) is 0. The van der Waals surface area contributed by atoms with Gasteiger partial charge in [0.25, 0.3) is 0 Å². The second kappa shape index (κ2) is 4.98. The molecule has 4 nitrogen and oxygen atoms in total. The third-order valence-corrected chi connectivity index (χ3v) is 2.93. The third kappa shape index (κ3) is 3.01. The molecule has 0 radical (unpaired) electrons. The van der Waals surface area contributed by atoms with Crippen molar-refractivity contribution in [3.63, 3.8) is 0 Å². The molecule has 1 saturated carbocycles. The van der Waals surface area contributed by atoms with Gasteiger partial charge in [0.2, 0.25) is 0 Å². The molecule has 1 atom stereocenters. The summed E-state index contributed by atoms with van der Waals surface area (Å²) in [7, 11) is 0. The molecule has 0 spiro atoms. The van der Waals surface area contributed by atoms with E-state index in [9.17, 15) is 9.59 Å². The Bertz CT molecular complexity index is 218. The quantitative estimate of drug-likeness (QED) is 0.724. The molecule has 0 saturated heterocycles. The zero-order valence-corrected chi connectivity index (χ0v) is 8.11. The third-order valence-electron chi connectivity index (χ3n) is 2.93. The van der Waals surface area contributed by atoms with Crippen LogP contribution >= 0.6 is 0 Å². The summed E-state index contributed by atoms with van der Waals surface area (Å²) in [5.41, 5.74) is 0. The van der Waals surface area contributed by atoms with Crippen LogP contribution in [0.2, 0.25) is 0 Å². The molecule has 1 aliphatic carbocycles. The lowest BCUT2D eigenvalue weighted by Gasteiger charge is -2.26. The van der Waals surface area contributed by atoms with Crippen LogP contribution in [0, 0.1) is 11.8 Å². The number of hydrogen-bond donors (Lipinski definition) is 2. The fourth-order valence-corrected chi connectivity index (χ4v) is 2.18. The molecule has 1 rings (SSSR count). The molecule has 0 aromatic rings. The Balaban J connectivity index is 2.56. The van der Waals surface area contributed by atoms with Crippen molar-refractivity contribution in [3.8, 4) is 0 Å². The largest absolute Gasteiger partial charge is 0.481 e. The van der Waals surface area contributed by atoms with E-state index >= 15 is 0 Å². The van der Waals surface area contributed by atoms with Gasteiger partial charge in [-0.05, 0) is 18.8 Å². The van der Waals surface area contributed by atoms with Crippen molar-refractivity contribution in [2.24, 2.45) is 11.8 Å². The molecule has 0 bridgehead atoms. The first-order chi connectivity index (χ1) is 6.61. The number of aliphatic carboxylic acids is 2. The summed E-state index contributed by atoms with van der Waals surface area (Å²) < 4.78 is 0. The topological polar surface area (TPSA) is 74.6 Å². The van der Waals surface area contributed by atoms with Gasteiger partial charge in [0, 0.05) is 0 Å². The summed E-state index contributed by atoms with van der Waals surface area (Å²) in [5.74, 6) is -2.59. The number of carboxylic acids is 2. The highest BCUT2D eigenvalue weighted by Gasteiger charge is 2.30. The fourth-order valence-electron chi connectivity index (χ4n) is 2.18. The maximum absolute atomic E-state index is 10.9. The molecule has 0 aromatic heterocycles. The lowest BCUT2D eigenvalue weighted by molar-refractivity contribution is -0.150. The van der Waals surface area contributed by atoms with E-state index < -0.39 is 17.9 Å². The molecule has 2 N–H and O–H groups in total. The minimum Gasteiger partial charge on any atom is -0.481 e. The summed E-state index contributed by atoms with van der Waals surface area (Å²) in [6.45, 7) is 0. The standard InChI is InChI=1S/C10H16O4/c11-9(12)6-8(10(13)14)7-4-2-1-3-5-7/h7-8H,1-6H2,(H,11,12)(H,13,14). The van der Waals surface area contributed by atoms with Crippen LogP contribution in [0.1, 0.15) is 38.5 Å². The maximum Gasteiger partial charge on any atom is 0.307 e. The predicted molar refractivity (Wildman–Crippen MR) is 50.0 cm³/mol. The van der Waals surface area contributed by atoms with Crippen LogP contribution in [-0.4, -0.2) is 22.2 Å². The first-order valence-corrected chi connectivity index (χ1v) is 5.06. The molecule has 4 heteroatoms. The molecule has 0 aromatic carbocycles. The lowest BCUT2D eigenvalue weighted by atomic mass is 9.78. The van der Waals surface area contributed by atoms with Gasteiger partial charge in [0.05, 0.1) is 12.3 Å². The van der Waals surface area contributed by atoms with Crippen molar-refractivity contribution < 1.29 is 19.8 Å². The lowest BCUT2D eigenvalue weighted by Crippen LogP contribution is -2.27. The SMILES string of the molecule is O=C(O)CC(C(=O)O)C1CCCCC1. The van der Waals surface area contributed by atoms with Crippen molar-refractivity contribution in [1.29, 1.82) is 0 Å². The van der Waals surface area contributed by atoms with Crippen LogP contribution in [-0.2, 0) is 9.59 Å². The van der Waals surface area contributed by atoms with Gasteiger partial charge in [-0.1, -0.05) is 19.3 Å². The molecule has 1 aliphatic rings. The van der Waals surface area contributed by atoms with Crippen molar-refractivity contribution in [2.75, 3.05) is 0 Å². The van der Waals surface area contributed by atoms with Crippen molar-refractivity contribution >= 4 is 11.9 Å². The Morgan fingerprint density at radius 1 is 1.14 bits per heavy atom. The fraction of sp³-hybridized carbons (Fsp3) is 0.800. The molecule has 0 amide bonds. The normalized spacial score (nSPS) is 20.3. The van der Waals surface area contributed by atoms with E-state index in [-0.39, 0.29) is 12.3 Å². The van der Waals surface area contributed by atoms with Crippen molar-refractivity contribution in [3.05, 3.63) is 0 Å². The second-order valence-electron chi connectivity index (χ2n) is 3.94. The average molecular weight is 200 g/mol. The highest BCUT2D eigenvalue weighted by molar-refractivity contribution is 5.77. The van der Waals surface area contributed by atoms with E-state index in [1.165, 1.54) is 0 Å². The monoisotopic (exact) mass is 200 g/mol. The molecular formula is C10H16O4. The molecule has 0 heterocycles. The van der Waals surface area contributed by atoms with Gasteiger partial charge < -0.3 is 10.2 Å². The number of carboxylic acid groups (broad SMARTS) is 2. The van der Waals surface area contributed by atoms with Gasteiger partial charge in [-0.15, -0.1) is 0 Å². The summed E-state index contributed by atoms with van der Waals surface area (Å²) in [5, 5.41) is 17.5. The number of carbonyl (C=O) groups is 2.